The molecule has 1 rings (SSSR count). The second-order valence-electron chi connectivity index (χ2n) is 3.03. The number of hydrogen-bond donors (Lipinski definition) is 1. The summed E-state index contributed by atoms with van der Waals surface area (Å²) in [5.74, 6) is -0.432. The lowest BCUT2D eigenvalue weighted by Crippen LogP contribution is -2.17. The van der Waals surface area contributed by atoms with Crippen molar-refractivity contribution >= 4 is 11.6 Å². The molecule has 0 saturated heterocycles. The average molecular weight is 240 g/mol. The maximum atomic E-state index is 11.9. The summed E-state index contributed by atoms with van der Waals surface area (Å²) in [7, 11) is 0. The highest BCUT2D eigenvalue weighted by atomic mass is 35.5. The summed E-state index contributed by atoms with van der Waals surface area (Å²) in [5, 5.41) is -0.100. The molecule has 0 aromatic heterocycles. The summed E-state index contributed by atoms with van der Waals surface area (Å²) in [5.41, 5.74) is 6.04. The van der Waals surface area contributed by atoms with E-state index < -0.39 is 12.1 Å². The molecule has 15 heavy (non-hydrogen) atoms. The van der Waals surface area contributed by atoms with Crippen LogP contribution in [-0.4, -0.2) is 6.36 Å². The highest BCUT2D eigenvalue weighted by Crippen LogP contribution is 2.31. The summed E-state index contributed by atoms with van der Waals surface area (Å²) in [6, 6.07) is 3.68. The molecule has 0 aliphatic heterocycles. The quantitative estimate of drug-likeness (QED) is 0.860. The van der Waals surface area contributed by atoms with Gasteiger partial charge >= 0.3 is 6.36 Å². The first-order valence-corrected chi connectivity index (χ1v) is 4.48. The highest BCUT2D eigenvalue weighted by molar-refractivity contribution is 6.32. The lowest BCUT2D eigenvalue weighted by molar-refractivity contribution is -0.274. The van der Waals surface area contributed by atoms with E-state index in [0.29, 0.717) is 5.56 Å². The van der Waals surface area contributed by atoms with Crippen LogP contribution >= 0.6 is 11.6 Å². The highest BCUT2D eigenvalue weighted by Gasteiger charge is 2.32. The molecule has 84 valence electrons. The van der Waals surface area contributed by atoms with E-state index in [1.54, 1.807) is 13.0 Å². The minimum absolute atomic E-state index is 0.100. The van der Waals surface area contributed by atoms with Crippen LogP contribution in [-0.2, 0) is 0 Å². The molecule has 0 aliphatic carbocycles. The zero-order chi connectivity index (χ0) is 11.6. The first kappa shape index (κ1) is 12.1. The van der Waals surface area contributed by atoms with Gasteiger partial charge in [0, 0.05) is 6.04 Å². The summed E-state index contributed by atoms with van der Waals surface area (Å²) >= 11 is 5.54. The Morgan fingerprint density at radius 2 is 2.00 bits per heavy atom. The molecular weight excluding hydrogens is 231 g/mol. The van der Waals surface area contributed by atoms with Gasteiger partial charge in [0.15, 0.2) is 0 Å². The third kappa shape index (κ3) is 3.60. The van der Waals surface area contributed by atoms with Crippen molar-refractivity contribution in [2.24, 2.45) is 5.73 Å². The van der Waals surface area contributed by atoms with Crippen LogP contribution in [0.15, 0.2) is 18.2 Å². The molecule has 1 atom stereocenters. The first-order chi connectivity index (χ1) is 6.79. The molecular formula is C9H9ClF3NO. The third-order valence-corrected chi connectivity index (χ3v) is 2.02. The third-order valence-electron chi connectivity index (χ3n) is 1.71. The van der Waals surface area contributed by atoms with Crippen molar-refractivity contribution in [2.75, 3.05) is 0 Å². The minimum atomic E-state index is -4.75. The Morgan fingerprint density at radius 1 is 1.40 bits per heavy atom. The van der Waals surface area contributed by atoms with Gasteiger partial charge in [-0.3, -0.25) is 0 Å². The van der Waals surface area contributed by atoms with Crippen LogP contribution in [0.3, 0.4) is 0 Å². The molecule has 0 heterocycles. The van der Waals surface area contributed by atoms with E-state index in [2.05, 4.69) is 4.74 Å². The standard InChI is InChI=1S/C9H9ClF3NO/c1-5(14)6-2-3-7(10)8(4-6)15-9(11,12)13/h2-5H,14H2,1H3/t5-/m1/s1. The van der Waals surface area contributed by atoms with E-state index in [-0.39, 0.29) is 11.1 Å². The van der Waals surface area contributed by atoms with Crippen molar-refractivity contribution in [3.05, 3.63) is 28.8 Å². The van der Waals surface area contributed by atoms with Crippen LogP contribution in [0.1, 0.15) is 18.5 Å². The zero-order valence-corrected chi connectivity index (χ0v) is 8.56. The van der Waals surface area contributed by atoms with Crippen LogP contribution in [0.2, 0.25) is 5.02 Å². The number of halogens is 4. The Labute approximate surface area is 89.8 Å². The lowest BCUT2D eigenvalue weighted by Gasteiger charge is -2.13. The number of nitrogens with two attached hydrogens (primary N) is 1. The van der Waals surface area contributed by atoms with Crippen LogP contribution in [0.5, 0.6) is 5.75 Å². The van der Waals surface area contributed by atoms with Gasteiger partial charge < -0.3 is 10.5 Å². The van der Waals surface area contributed by atoms with Crippen molar-refractivity contribution < 1.29 is 17.9 Å². The van der Waals surface area contributed by atoms with Crippen molar-refractivity contribution in [1.29, 1.82) is 0 Å². The largest absolute Gasteiger partial charge is 0.573 e. The molecule has 0 amide bonds. The van der Waals surface area contributed by atoms with Gasteiger partial charge in [-0.05, 0) is 24.6 Å². The van der Waals surface area contributed by atoms with Gasteiger partial charge in [0.1, 0.15) is 5.75 Å². The van der Waals surface area contributed by atoms with Gasteiger partial charge in [0.05, 0.1) is 5.02 Å². The van der Waals surface area contributed by atoms with Gasteiger partial charge in [-0.1, -0.05) is 17.7 Å². The monoisotopic (exact) mass is 239 g/mol. The molecule has 2 N–H and O–H groups in total. The summed E-state index contributed by atoms with van der Waals surface area (Å²) < 4.78 is 39.6. The zero-order valence-electron chi connectivity index (χ0n) is 7.81. The lowest BCUT2D eigenvalue weighted by atomic mass is 10.1. The molecule has 0 radical (unpaired) electrons. The molecule has 1 aromatic rings. The normalized spacial score (nSPS) is 13.7. The summed E-state index contributed by atoms with van der Waals surface area (Å²) in [6.45, 7) is 1.65. The van der Waals surface area contributed by atoms with Gasteiger partial charge in [-0.25, -0.2) is 0 Å². The Morgan fingerprint density at radius 3 is 2.47 bits per heavy atom. The molecule has 0 fully saturated rings. The number of ether oxygens (including phenoxy) is 1. The number of alkyl halides is 3. The van der Waals surface area contributed by atoms with E-state index in [9.17, 15) is 13.2 Å². The maximum absolute atomic E-state index is 11.9. The van der Waals surface area contributed by atoms with Gasteiger partial charge in [0.25, 0.3) is 0 Å². The van der Waals surface area contributed by atoms with E-state index >= 15 is 0 Å². The fraction of sp³-hybridized carbons (Fsp3) is 0.333. The van der Waals surface area contributed by atoms with Gasteiger partial charge in [-0.2, -0.15) is 0 Å². The number of rotatable bonds is 2. The van der Waals surface area contributed by atoms with Crippen LogP contribution in [0, 0.1) is 0 Å². The average Bonchev–Trinajstić information content (AvgIpc) is 2.06. The van der Waals surface area contributed by atoms with Crippen LogP contribution in [0.4, 0.5) is 13.2 Å². The molecule has 0 bridgehead atoms. The molecule has 1 aromatic carbocycles. The van der Waals surface area contributed by atoms with Crippen LogP contribution < -0.4 is 10.5 Å². The van der Waals surface area contributed by atoms with Crippen molar-refractivity contribution in [3.63, 3.8) is 0 Å². The molecule has 0 aliphatic rings. The SMILES string of the molecule is C[C@@H](N)c1ccc(Cl)c(OC(F)(F)F)c1. The predicted octanol–water partition coefficient (Wildman–Crippen LogP) is 3.26. The molecule has 0 spiro atoms. The first-order valence-electron chi connectivity index (χ1n) is 4.10. The topological polar surface area (TPSA) is 35.2 Å². The molecule has 0 unspecified atom stereocenters. The Hall–Kier alpha value is -0.940. The fourth-order valence-corrected chi connectivity index (χ4v) is 1.16. The van der Waals surface area contributed by atoms with E-state index in [1.807, 2.05) is 0 Å². The van der Waals surface area contributed by atoms with Gasteiger partial charge in [0.2, 0.25) is 0 Å². The van der Waals surface area contributed by atoms with E-state index in [1.165, 1.54) is 12.1 Å². The Bertz CT molecular complexity index is 352. The number of hydrogen-bond acceptors (Lipinski definition) is 2. The van der Waals surface area contributed by atoms with Crippen molar-refractivity contribution in [1.82, 2.24) is 0 Å². The van der Waals surface area contributed by atoms with Gasteiger partial charge in [-0.15, -0.1) is 13.2 Å². The van der Waals surface area contributed by atoms with E-state index in [4.69, 9.17) is 17.3 Å². The minimum Gasteiger partial charge on any atom is -0.404 e. The van der Waals surface area contributed by atoms with Crippen molar-refractivity contribution in [3.8, 4) is 5.75 Å². The second-order valence-corrected chi connectivity index (χ2v) is 3.43. The van der Waals surface area contributed by atoms with Crippen molar-refractivity contribution in [2.45, 2.75) is 19.3 Å². The second kappa shape index (κ2) is 4.28. The van der Waals surface area contributed by atoms with E-state index in [0.717, 1.165) is 0 Å². The van der Waals surface area contributed by atoms with Crippen LogP contribution in [0.25, 0.3) is 0 Å². The number of benzene rings is 1. The maximum Gasteiger partial charge on any atom is 0.573 e. The molecule has 2 nitrogen and oxygen atoms in total. The Balaban J connectivity index is 3.01. The smallest absolute Gasteiger partial charge is 0.404 e. The predicted molar refractivity (Wildman–Crippen MR) is 50.7 cm³/mol. The Kier molecular flexibility index (Phi) is 3.46. The molecule has 6 heteroatoms. The molecule has 0 saturated carbocycles. The fourth-order valence-electron chi connectivity index (χ4n) is 1.01. The summed E-state index contributed by atoms with van der Waals surface area (Å²) in [4.78, 5) is 0. The summed E-state index contributed by atoms with van der Waals surface area (Å²) in [6.07, 6.45) is -4.75.